The molecule has 5 rings (SSSR count). The standard InChI is InChI=1S/C28H31N7O2/c1-33-19-20(17-31-33)28-18-30-26-7-6-22(15-27(26)32-28)35(12-11-34-10-4-5-21(34)8-9-29)23-13-24(36-2)16-25(14-23)37-3/h6-7,13-19,21H,4-5,8,10-12H2,1-3H3. The van der Waals surface area contributed by atoms with Gasteiger partial charge in [-0.05, 0) is 37.6 Å². The van der Waals surface area contributed by atoms with Gasteiger partial charge in [0.2, 0.25) is 0 Å². The van der Waals surface area contributed by atoms with Crippen molar-refractivity contribution in [2.24, 2.45) is 7.05 Å². The fraction of sp³-hybridized carbons (Fsp3) is 0.357. The third-order valence-corrected chi connectivity index (χ3v) is 6.92. The lowest BCUT2D eigenvalue weighted by Gasteiger charge is -2.30. The zero-order chi connectivity index (χ0) is 25.8. The molecule has 1 aliphatic heterocycles. The molecule has 1 saturated heterocycles. The monoisotopic (exact) mass is 497 g/mol. The highest BCUT2D eigenvalue weighted by Gasteiger charge is 2.25. The summed E-state index contributed by atoms with van der Waals surface area (Å²) in [5, 5.41) is 13.5. The van der Waals surface area contributed by atoms with Crippen molar-refractivity contribution in [3.8, 4) is 28.8 Å². The molecular formula is C28H31N7O2. The van der Waals surface area contributed by atoms with E-state index < -0.39 is 0 Å². The number of benzene rings is 2. The fourth-order valence-electron chi connectivity index (χ4n) is 4.97. The molecule has 0 N–H and O–H groups in total. The van der Waals surface area contributed by atoms with Crippen molar-refractivity contribution >= 4 is 22.4 Å². The summed E-state index contributed by atoms with van der Waals surface area (Å²) < 4.78 is 12.9. The van der Waals surface area contributed by atoms with Gasteiger partial charge in [-0.3, -0.25) is 14.6 Å². The summed E-state index contributed by atoms with van der Waals surface area (Å²) in [5.41, 5.74) is 5.30. The van der Waals surface area contributed by atoms with Crippen LogP contribution < -0.4 is 14.4 Å². The van der Waals surface area contributed by atoms with Crippen molar-refractivity contribution in [3.63, 3.8) is 0 Å². The molecule has 1 atom stereocenters. The van der Waals surface area contributed by atoms with E-state index in [1.165, 1.54) is 0 Å². The minimum atomic E-state index is 0.316. The topological polar surface area (TPSA) is 92.3 Å². The second kappa shape index (κ2) is 10.8. The Labute approximate surface area is 216 Å². The van der Waals surface area contributed by atoms with Gasteiger partial charge in [-0.15, -0.1) is 0 Å². The van der Waals surface area contributed by atoms with Gasteiger partial charge in [0.15, 0.2) is 0 Å². The van der Waals surface area contributed by atoms with Gasteiger partial charge in [0.1, 0.15) is 11.5 Å². The number of nitriles is 1. The highest BCUT2D eigenvalue weighted by molar-refractivity contribution is 5.82. The van der Waals surface area contributed by atoms with Crippen molar-refractivity contribution in [3.05, 3.63) is 55.0 Å². The number of methoxy groups -OCH3 is 2. The quantitative estimate of drug-likeness (QED) is 0.332. The maximum Gasteiger partial charge on any atom is 0.124 e. The second-order valence-electron chi connectivity index (χ2n) is 9.25. The summed E-state index contributed by atoms with van der Waals surface area (Å²) in [6, 6.07) is 14.7. The first-order valence-electron chi connectivity index (χ1n) is 12.5. The summed E-state index contributed by atoms with van der Waals surface area (Å²) in [5.74, 6) is 1.45. The van der Waals surface area contributed by atoms with Crippen LogP contribution in [0.4, 0.5) is 11.4 Å². The average molecular weight is 498 g/mol. The number of nitrogens with zero attached hydrogens (tertiary/aromatic N) is 7. The molecule has 3 heterocycles. The van der Waals surface area contributed by atoms with Crippen LogP contribution in [0.15, 0.2) is 55.0 Å². The van der Waals surface area contributed by atoms with Gasteiger partial charge < -0.3 is 14.4 Å². The largest absolute Gasteiger partial charge is 0.497 e. The van der Waals surface area contributed by atoms with Crippen molar-refractivity contribution in [2.75, 3.05) is 38.8 Å². The van der Waals surface area contributed by atoms with Gasteiger partial charge in [0, 0.05) is 67.5 Å². The second-order valence-corrected chi connectivity index (χ2v) is 9.25. The molecule has 0 radical (unpaired) electrons. The van der Waals surface area contributed by atoms with Crippen molar-refractivity contribution < 1.29 is 9.47 Å². The molecule has 0 spiro atoms. The molecule has 9 heteroatoms. The normalized spacial score (nSPS) is 15.6. The van der Waals surface area contributed by atoms with Gasteiger partial charge in [0.25, 0.3) is 0 Å². The van der Waals surface area contributed by atoms with Crippen molar-refractivity contribution in [2.45, 2.75) is 25.3 Å². The average Bonchev–Trinajstić information content (AvgIpc) is 3.57. The van der Waals surface area contributed by atoms with E-state index in [2.05, 4.69) is 38.1 Å². The van der Waals surface area contributed by atoms with E-state index in [0.717, 1.165) is 77.6 Å². The fourth-order valence-corrected chi connectivity index (χ4v) is 4.97. The van der Waals surface area contributed by atoms with E-state index >= 15 is 0 Å². The number of aryl methyl sites for hydroxylation is 1. The van der Waals surface area contributed by atoms with Gasteiger partial charge in [-0.2, -0.15) is 10.4 Å². The SMILES string of the molecule is COc1cc(OC)cc(N(CCN2CCCC2CC#N)c2ccc3ncc(-c4cnn(C)c4)nc3c2)c1. The van der Waals surface area contributed by atoms with Crippen LogP contribution >= 0.6 is 0 Å². The van der Waals surface area contributed by atoms with Gasteiger partial charge in [-0.1, -0.05) is 0 Å². The zero-order valence-corrected chi connectivity index (χ0v) is 21.5. The van der Waals surface area contributed by atoms with E-state index in [9.17, 15) is 5.26 Å². The molecule has 9 nitrogen and oxygen atoms in total. The number of aromatic nitrogens is 4. The van der Waals surface area contributed by atoms with Crippen LogP contribution in [-0.4, -0.2) is 64.5 Å². The number of hydrogen-bond donors (Lipinski definition) is 0. The van der Waals surface area contributed by atoms with E-state index in [-0.39, 0.29) is 0 Å². The minimum Gasteiger partial charge on any atom is -0.497 e. The molecule has 0 bridgehead atoms. The van der Waals surface area contributed by atoms with E-state index in [0.29, 0.717) is 12.5 Å². The third-order valence-electron chi connectivity index (χ3n) is 6.92. The Balaban J connectivity index is 1.53. The summed E-state index contributed by atoms with van der Waals surface area (Å²) in [6.07, 6.45) is 8.28. The maximum atomic E-state index is 9.27. The number of ether oxygens (including phenoxy) is 2. The van der Waals surface area contributed by atoms with Crippen LogP contribution in [0.1, 0.15) is 19.3 Å². The zero-order valence-electron chi connectivity index (χ0n) is 21.5. The molecule has 2 aromatic carbocycles. The van der Waals surface area contributed by atoms with Crippen molar-refractivity contribution in [1.82, 2.24) is 24.6 Å². The Morgan fingerprint density at radius 1 is 1.05 bits per heavy atom. The third kappa shape index (κ3) is 5.34. The predicted octanol–water partition coefficient (Wildman–Crippen LogP) is 4.56. The van der Waals surface area contributed by atoms with E-state index in [1.807, 2.05) is 37.5 Å². The predicted molar refractivity (Wildman–Crippen MR) is 143 cm³/mol. The molecule has 2 aromatic heterocycles. The molecule has 37 heavy (non-hydrogen) atoms. The molecule has 0 amide bonds. The molecule has 1 unspecified atom stereocenters. The molecule has 1 fully saturated rings. The number of likely N-dealkylation sites (tertiary alicyclic amines) is 1. The van der Waals surface area contributed by atoms with Gasteiger partial charge in [-0.25, -0.2) is 4.98 Å². The minimum absolute atomic E-state index is 0.316. The maximum absolute atomic E-state index is 9.27. The number of fused-ring (bicyclic) bond motifs is 1. The summed E-state index contributed by atoms with van der Waals surface area (Å²) in [6.45, 7) is 2.59. The molecule has 0 aliphatic carbocycles. The first-order valence-corrected chi connectivity index (χ1v) is 12.5. The molecule has 1 aliphatic rings. The smallest absolute Gasteiger partial charge is 0.124 e. The number of anilines is 2. The number of hydrogen-bond acceptors (Lipinski definition) is 8. The highest BCUT2D eigenvalue weighted by Crippen LogP contribution is 2.34. The van der Waals surface area contributed by atoms with Crippen LogP contribution in [0.25, 0.3) is 22.3 Å². The molecule has 4 aromatic rings. The lowest BCUT2D eigenvalue weighted by Crippen LogP contribution is -2.36. The van der Waals surface area contributed by atoms with Gasteiger partial charge >= 0.3 is 0 Å². The van der Waals surface area contributed by atoms with Crippen LogP contribution in [0.3, 0.4) is 0 Å². The summed E-state index contributed by atoms with van der Waals surface area (Å²) in [4.78, 5) is 14.2. The molecular weight excluding hydrogens is 466 g/mol. The van der Waals surface area contributed by atoms with Crippen LogP contribution in [0.5, 0.6) is 11.5 Å². The lowest BCUT2D eigenvalue weighted by atomic mass is 10.1. The Kier molecular flexibility index (Phi) is 7.19. The van der Waals surface area contributed by atoms with Crippen LogP contribution in [0, 0.1) is 11.3 Å². The van der Waals surface area contributed by atoms with Crippen LogP contribution in [-0.2, 0) is 7.05 Å². The molecule has 0 saturated carbocycles. The Hall–Kier alpha value is -4.16. The molecule has 190 valence electrons. The highest BCUT2D eigenvalue weighted by atomic mass is 16.5. The van der Waals surface area contributed by atoms with Gasteiger partial charge in [0.05, 0.1) is 55.8 Å². The Morgan fingerprint density at radius 3 is 2.57 bits per heavy atom. The first kappa shape index (κ1) is 24.5. The number of rotatable bonds is 9. The Morgan fingerprint density at radius 2 is 1.86 bits per heavy atom. The van der Waals surface area contributed by atoms with E-state index in [4.69, 9.17) is 14.5 Å². The van der Waals surface area contributed by atoms with E-state index in [1.54, 1.807) is 31.3 Å². The Bertz CT molecular complexity index is 1410. The lowest BCUT2D eigenvalue weighted by molar-refractivity contribution is 0.263. The van der Waals surface area contributed by atoms with Crippen LogP contribution in [0.2, 0.25) is 0 Å². The summed E-state index contributed by atoms with van der Waals surface area (Å²) in [7, 11) is 5.20. The van der Waals surface area contributed by atoms with Crippen molar-refractivity contribution in [1.29, 1.82) is 5.26 Å². The summed E-state index contributed by atoms with van der Waals surface area (Å²) >= 11 is 0. The first-order chi connectivity index (χ1) is 18.1.